The van der Waals surface area contributed by atoms with E-state index in [0.717, 1.165) is 36.3 Å². The molecule has 1 aromatic carbocycles. The topological polar surface area (TPSA) is 51.5 Å². The number of carbonyl (C=O) groups excluding carboxylic acids is 2. The highest BCUT2D eigenvalue weighted by Gasteiger charge is 2.29. The zero-order valence-corrected chi connectivity index (χ0v) is 16.6. The Labute approximate surface area is 160 Å². The maximum absolute atomic E-state index is 12.6. The van der Waals surface area contributed by atoms with Gasteiger partial charge in [0.1, 0.15) is 0 Å². The molecule has 2 atom stereocenters. The molecule has 3 rings (SSSR count). The van der Waals surface area contributed by atoms with E-state index in [9.17, 15) is 9.59 Å². The molecule has 2 aromatic rings. The molecule has 5 nitrogen and oxygen atoms in total. The first-order valence-electron chi connectivity index (χ1n) is 9.62. The molecule has 27 heavy (non-hydrogen) atoms. The molecule has 1 aliphatic rings. The highest BCUT2D eigenvalue weighted by atomic mass is 16.5. The number of hydrogen-bond acceptors (Lipinski definition) is 3. The van der Waals surface area contributed by atoms with E-state index in [4.69, 9.17) is 4.74 Å². The van der Waals surface area contributed by atoms with Crippen molar-refractivity contribution >= 4 is 11.9 Å². The number of aromatic nitrogens is 1. The second-order valence-corrected chi connectivity index (χ2v) is 7.46. The van der Waals surface area contributed by atoms with Gasteiger partial charge in [-0.25, -0.2) is 4.79 Å². The fourth-order valence-corrected chi connectivity index (χ4v) is 4.14. The van der Waals surface area contributed by atoms with Crippen LogP contribution >= 0.6 is 0 Å². The molecule has 1 aromatic heterocycles. The Balaban J connectivity index is 1.71. The van der Waals surface area contributed by atoms with Crippen LogP contribution in [-0.4, -0.2) is 40.0 Å². The molecule has 0 saturated carbocycles. The van der Waals surface area contributed by atoms with E-state index in [1.165, 1.54) is 0 Å². The normalized spacial score (nSPS) is 19.8. The van der Waals surface area contributed by atoms with Crippen LogP contribution in [0.4, 0.5) is 0 Å². The third kappa shape index (κ3) is 3.92. The molecule has 0 radical (unpaired) electrons. The lowest BCUT2D eigenvalue weighted by Crippen LogP contribution is -2.49. The zero-order valence-electron chi connectivity index (χ0n) is 16.6. The molecule has 1 amide bonds. The molecule has 1 aliphatic heterocycles. The van der Waals surface area contributed by atoms with Gasteiger partial charge in [0.2, 0.25) is 0 Å². The summed E-state index contributed by atoms with van der Waals surface area (Å²) in [5, 5.41) is 0. The fourth-order valence-electron chi connectivity index (χ4n) is 4.14. The Bertz CT molecular complexity index is 816. The molecule has 1 fully saturated rings. The SMILES string of the molecule is Cc1cc(C(=O)OCC(=O)N2C(C)CCCC2C)c(C)n1-c1ccccc1. The Morgan fingerprint density at radius 3 is 2.33 bits per heavy atom. The number of piperidine rings is 1. The van der Waals surface area contributed by atoms with Gasteiger partial charge in [-0.05, 0) is 65.2 Å². The minimum absolute atomic E-state index is 0.111. The summed E-state index contributed by atoms with van der Waals surface area (Å²) < 4.78 is 7.40. The number of ether oxygens (including phenoxy) is 1. The third-order valence-corrected chi connectivity index (χ3v) is 5.47. The van der Waals surface area contributed by atoms with Gasteiger partial charge in [0.05, 0.1) is 5.56 Å². The molecular weight excluding hydrogens is 340 g/mol. The number of benzene rings is 1. The molecule has 0 aliphatic carbocycles. The number of rotatable bonds is 4. The summed E-state index contributed by atoms with van der Waals surface area (Å²) in [7, 11) is 0. The quantitative estimate of drug-likeness (QED) is 0.765. The summed E-state index contributed by atoms with van der Waals surface area (Å²) in [6.45, 7) is 7.76. The summed E-state index contributed by atoms with van der Waals surface area (Å²) in [6.07, 6.45) is 3.14. The van der Waals surface area contributed by atoms with E-state index < -0.39 is 5.97 Å². The highest BCUT2D eigenvalue weighted by molar-refractivity contribution is 5.93. The Hall–Kier alpha value is -2.56. The van der Waals surface area contributed by atoms with Crippen LogP contribution in [0.15, 0.2) is 36.4 Å². The number of likely N-dealkylation sites (tertiary alicyclic amines) is 1. The summed E-state index contributed by atoms with van der Waals surface area (Å²) in [5.41, 5.74) is 3.27. The summed E-state index contributed by atoms with van der Waals surface area (Å²) >= 11 is 0. The smallest absolute Gasteiger partial charge is 0.340 e. The number of aryl methyl sites for hydroxylation is 1. The van der Waals surface area contributed by atoms with Crippen molar-refractivity contribution in [3.63, 3.8) is 0 Å². The van der Waals surface area contributed by atoms with E-state index in [1.807, 2.05) is 59.7 Å². The lowest BCUT2D eigenvalue weighted by Gasteiger charge is -2.38. The van der Waals surface area contributed by atoms with Crippen LogP contribution in [0, 0.1) is 13.8 Å². The number of nitrogens with zero attached hydrogens (tertiary/aromatic N) is 2. The molecule has 0 N–H and O–H groups in total. The van der Waals surface area contributed by atoms with Crippen LogP contribution in [0.1, 0.15) is 54.9 Å². The number of esters is 1. The van der Waals surface area contributed by atoms with Crippen molar-refractivity contribution in [1.82, 2.24) is 9.47 Å². The maximum atomic E-state index is 12.6. The average Bonchev–Trinajstić information content (AvgIpc) is 2.94. The molecule has 0 bridgehead atoms. The Morgan fingerprint density at radius 1 is 1.07 bits per heavy atom. The van der Waals surface area contributed by atoms with E-state index in [0.29, 0.717) is 5.56 Å². The summed E-state index contributed by atoms with van der Waals surface area (Å²) in [4.78, 5) is 27.0. The monoisotopic (exact) mass is 368 g/mol. The van der Waals surface area contributed by atoms with Crippen LogP contribution in [0.3, 0.4) is 0 Å². The van der Waals surface area contributed by atoms with Crippen LogP contribution in [0.25, 0.3) is 5.69 Å². The van der Waals surface area contributed by atoms with Gasteiger partial charge in [-0.3, -0.25) is 4.79 Å². The van der Waals surface area contributed by atoms with Gasteiger partial charge in [-0.15, -0.1) is 0 Å². The standard InChI is InChI=1S/C22H28N2O3/c1-15-9-8-10-16(2)23(15)21(25)14-27-22(26)20-13-17(3)24(18(20)4)19-11-6-5-7-12-19/h5-7,11-13,15-16H,8-10,14H2,1-4H3. The van der Waals surface area contributed by atoms with Gasteiger partial charge in [0.15, 0.2) is 6.61 Å². The predicted octanol–water partition coefficient (Wildman–Crippen LogP) is 4.04. The number of hydrogen-bond donors (Lipinski definition) is 0. The summed E-state index contributed by atoms with van der Waals surface area (Å²) in [5.74, 6) is -0.559. The second kappa shape index (κ2) is 7.99. The van der Waals surface area contributed by atoms with Crippen LogP contribution in [0.2, 0.25) is 0 Å². The van der Waals surface area contributed by atoms with E-state index in [1.54, 1.807) is 0 Å². The van der Waals surface area contributed by atoms with Crippen molar-refractivity contribution in [3.8, 4) is 5.69 Å². The lowest BCUT2D eigenvalue weighted by molar-refractivity contribution is -0.140. The zero-order chi connectivity index (χ0) is 19.6. The van der Waals surface area contributed by atoms with Crippen molar-refractivity contribution in [2.45, 2.75) is 59.0 Å². The minimum atomic E-state index is -0.448. The lowest BCUT2D eigenvalue weighted by atomic mass is 9.97. The molecule has 5 heteroatoms. The van der Waals surface area contributed by atoms with E-state index in [-0.39, 0.29) is 24.6 Å². The minimum Gasteiger partial charge on any atom is -0.452 e. The van der Waals surface area contributed by atoms with Crippen LogP contribution in [-0.2, 0) is 9.53 Å². The fraction of sp³-hybridized carbons (Fsp3) is 0.455. The van der Waals surface area contributed by atoms with Gasteiger partial charge < -0.3 is 14.2 Å². The number of carbonyl (C=O) groups is 2. The van der Waals surface area contributed by atoms with Crippen molar-refractivity contribution in [2.75, 3.05) is 6.61 Å². The molecule has 0 spiro atoms. The number of para-hydroxylation sites is 1. The first-order valence-corrected chi connectivity index (χ1v) is 9.62. The van der Waals surface area contributed by atoms with Crippen molar-refractivity contribution in [3.05, 3.63) is 53.3 Å². The van der Waals surface area contributed by atoms with Gasteiger partial charge in [-0.2, -0.15) is 0 Å². The Kier molecular flexibility index (Phi) is 5.68. The maximum Gasteiger partial charge on any atom is 0.340 e. The number of amides is 1. The molecule has 1 saturated heterocycles. The van der Waals surface area contributed by atoms with Crippen molar-refractivity contribution in [1.29, 1.82) is 0 Å². The van der Waals surface area contributed by atoms with Gasteiger partial charge >= 0.3 is 5.97 Å². The van der Waals surface area contributed by atoms with Gasteiger partial charge in [0.25, 0.3) is 5.91 Å². The highest BCUT2D eigenvalue weighted by Crippen LogP contribution is 2.24. The molecule has 144 valence electrons. The first kappa shape index (κ1) is 19.2. The van der Waals surface area contributed by atoms with Crippen molar-refractivity contribution < 1.29 is 14.3 Å². The van der Waals surface area contributed by atoms with E-state index in [2.05, 4.69) is 13.8 Å². The molecule has 2 heterocycles. The van der Waals surface area contributed by atoms with Gasteiger partial charge in [0, 0.05) is 29.2 Å². The van der Waals surface area contributed by atoms with Gasteiger partial charge in [-0.1, -0.05) is 18.2 Å². The molecular formula is C22H28N2O3. The molecule has 2 unspecified atom stereocenters. The summed E-state index contributed by atoms with van der Waals surface area (Å²) in [6, 6.07) is 12.1. The average molecular weight is 368 g/mol. The third-order valence-electron chi connectivity index (χ3n) is 5.47. The first-order chi connectivity index (χ1) is 12.9. The predicted molar refractivity (Wildman–Crippen MR) is 105 cm³/mol. The Morgan fingerprint density at radius 2 is 1.70 bits per heavy atom. The second-order valence-electron chi connectivity index (χ2n) is 7.46. The largest absolute Gasteiger partial charge is 0.452 e. The van der Waals surface area contributed by atoms with Crippen LogP contribution < -0.4 is 0 Å². The van der Waals surface area contributed by atoms with E-state index >= 15 is 0 Å². The van der Waals surface area contributed by atoms with Crippen LogP contribution in [0.5, 0.6) is 0 Å². The van der Waals surface area contributed by atoms with Crippen molar-refractivity contribution in [2.24, 2.45) is 0 Å².